The third-order valence-corrected chi connectivity index (χ3v) is 5.72. The van der Waals surface area contributed by atoms with Gasteiger partial charge in [-0.2, -0.15) is 0 Å². The van der Waals surface area contributed by atoms with Gasteiger partial charge in [-0.3, -0.25) is 0 Å². The van der Waals surface area contributed by atoms with E-state index in [1.165, 1.54) is 36.8 Å². The zero-order valence-electron chi connectivity index (χ0n) is 14.2. The summed E-state index contributed by atoms with van der Waals surface area (Å²) in [5.41, 5.74) is 9.33. The van der Waals surface area contributed by atoms with Crippen molar-refractivity contribution in [1.29, 1.82) is 0 Å². The minimum Gasteiger partial charge on any atom is -0.410 e. The average Bonchev–Trinajstić information content (AvgIpc) is 2.52. The van der Waals surface area contributed by atoms with E-state index in [2.05, 4.69) is 18.3 Å². The average molecular weight is 316 g/mol. The Morgan fingerprint density at radius 3 is 3.00 bits per heavy atom. The molecule has 3 atom stereocenters. The first-order valence-corrected chi connectivity index (χ1v) is 8.89. The van der Waals surface area contributed by atoms with E-state index in [0.717, 1.165) is 12.8 Å². The number of carbonyl (C=O) groups excluding carboxylic acids is 1. The van der Waals surface area contributed by atoms with Gasteiger partial charge in [0.1, 0.15) is 5.75 Å². The molecule has 4 nitrogen and oxygen atoms in total. The van der Waals surface area contributed by atoms with Crippen LogP contribution in [0.5, 0.6) is 5.75 Å². The number of ether oxygens (including phenoxy) is 1. The third-order valence-electron chi connectivity index (χ3n) is 5.72. The Hall–Kier alpha value is -1.55. The molecule has 2 aliphatic carbocycles. The van der Waals surface area contributed by atoms with Gasteiger partial charge in [-0.1, -0.05) is 32.3 Å². The van der Waals surface area contributed by atoms with E-state index in [9.17, 15) is 4.79 Å². The molecule has 0 radical (unpaired) electrons. The largest absolute Gasteiger partial charge is 0.412 e. The topological polar surface area (TPSA) is 64.3 Å². The Morgan fingerprint density at radius 1 is 1.39 bits per heavy atom. The lowest BCUT2D eigenvalue weighted by molar-refractivity contribution is 0.196. The van der Waals surface area contributed by atoms with Gasteiger partial charge in [0.25, 0.3) is 0 Å². The van der Waals surface area contributed by atoms with Crippen LogP contribution in [-0.2, 0) is 11.8 Å². The number of rotatable bonds is 2. The second-order valence-electron chi connectivity index (χ2n) is 7.25. The van der Waals surface area contributed by atoms with Gasteiger partial charge in [0.2, 0.25) is 0 Å². The molecule has 4 heteroatoms. The van der Waals surface area contributed by atoms with Crippen LogP contribution >= 0.6 is 0 Å². The zero-order valence-corrected chi connectivity index (χ0v) is 14.2. The van der Waals surface area contributed by atoms with Gasteiger partial charge in [0.15, 0.2) is 0 Å². The number of nitrogens with one attached hydrogen (secondary N) is 1. The normalized spacial score (nSPS) is 29.9. The smallest absolute Gasteiger partial charge is 0.410 e. The maximum Gasteiger partial charge on any atom is 0.412 e. The molecule has 2 bridgehead atoms. The number of benzene rings is 1. The number of nitrogens with two attached hydrogens (primary N) is 1. The predicted molar refractivity (Wildman–Crippen MR) is 91.7 cm³/mol. The van der Waals surface area contributed by atoms with E-state index < -0.39 is 6.09 Å². The first kappa shape index (κ1) is 16.3. The first-order chi connectivity index (χ1) is 11.0. The SMILES string of the molecule is CCNC(=O)Oc1ccc2c(c1)[C@@]1(C)CCCCC[C@@H](C2)[C@@H]1N. The minimum absolute atomic E-state index is 0.0146. The summed E-state index contributed by atoms with van der Waals surface area (Å²) in [7, 11) is 0. The van der Waals surface area contributed by atoms with E-state index in [-0.39, 0.29) is 11.5 Å². The van der Waals surface area contributed by atoms with Gasteiger partial charge >= 0.3 is 6.09 Å². The predicted octanol–water partition coefficient (Wildman–Crippen LogP) is 3.52. The van der Waals surface area contributed by atoms with Gasteiger partial charge in [0, 0.05) is 18.0 Å². The maximum absolute atomic E-state index is 11.7. The van der Waals surface area contributed by atoms with Gasteiger partial charge < -0.3 is 15.8 Å². The highest BCUT2D eigenvalue weighted by Gasteiger charge is 2.43. The molecule has 0 heterocycles. The summed E-state index contributed by atoms with van der Waals surface area (Å²) in [4.78, 5) is 11.7. The quantitative estimate of drug-likeness (QED) is 0.877. The molecule has 0 spiro atoms. The Labute approximate surface area is 138 Å². The van der Waals surface area contributed by atoms with Crippen molar-refractivity contribution in [2.45, 2.75) is 63.8 Å². The van der Waals surface area contributed by atoms with E-state index in [0.29, 0.717) is 18.2 Å². The molecule has 0 aliphatic heterocycles. The van der Waals surface area contributed by atoms with Gasteiger partial charge in [-0.15, -0.1) is 0 Å². The summed E-state index contributed by atoms with van der Waals surface area (Å²) in [6.07, 6.45) is 6.81. The molecule has 1 fully saturated rings. The van der Waals surface area contributed by atoms with Crippen LogP contribution in [0.4, 0.5) is 4.79 Å². The summed E-state index contributed by atoms with van der Waals surface area (Å²) in [6.45, 7) is 4.74. The van der Waals surface area contributed by atoms with E-state index in [1.54, 1.807) is 0 Å². The fourth-order valence-electron chi connectivity index (χ4n) is 4.38. The standard InChI is InChI=1S/C19H28N2O2/c1-3-21-18(22)23-15-9-8-13-11-14-7-5-4-6-10-19(2,17(14)20)16(13)12-15/h8-9,12,14,17H,3-7,10-11,20H2,1-2H3,(H,21,22)/t14-,17-,19+/m0/s1. The molecule has 0 unspecified atom stereocenters. The second-order valence-corrected chi connectivity index (χ2v) is 7.25. The monoisotopic (exact) mass is 316 g/mol. The lowest BCUT2D eigenvalue weighted by atomic mass is 9.60. The van der Waals surface area contributed by atoms with Crippen LogP contribution in [-0.4, -0.2) is 18.7 Å². The lowest BCUT2D eigenvalue weighted by Gasteiger charge is -2.47. The van der Waals surface area contributed by atoms with Crippen molar-refractivity contribution in [2.24, 2.45) is 11.7 Å². The van der Waals surface area contributed by atoms with Crippen molar-refractivity contribution in [2.75, 3.05) is 6.54 Å². The molecule has 3 N–H and O–H groups in total. The highest BCUT2D eigenvalue weighted by atomic mass is 16.6. The van der Waals surface area contributed by atoms with Crippen molar-refractivity contribution in [3.8, 4) is 5.75 Å². The molecule has 3 rings (SSSR count). The summed E-state index contributed by atoms with van der Waals surface area (Å²) < 4.78 is 5.40. The number of carbonyl (C=O) groups is 1. The van der Waals surface area contributed by atoms with Crippen LogP contribution in [0.3, 0.4) is 0 Å². The van der Waals surface area contributed by atoms with Gasteiger partial charge in [-0.25, -0.2) is 4.79 Å². The lowest BCUT2D eigenvalue weighted by Crippen LogP contribution is -2.52. The van der Waals surface area contributed by atoms with Crippen molar-refractivity contribution >= 4 is 6.09 Å². The molecule has 1 aromatic carbocycles. The van der Waals surface area contributed by atoms with Crippen LogP contribution in [0.15, 0.2) is 18.2 Å². The highest BCUT2D eigenvalue weighted by Crippen LogP contribution is 2.46. The molecule has 1 amide bonds. The van der Waals surface area contributed by atoms with E-state index in [4.69, 9.17) is 10.5 Å². The van der Waals surface area contributed by atoms with Crippen molar-refractivity contribution in [3.63, 3.8) is 0 Å². The zero-order chi connectivity index (χ0) is 16.4. The maximum atomic E-state index is 11.7. The molecule has 1 aromatic rings. The summed E-state index contributed by atoms with van der Waals surface area (Å²) >= 11 is 0. The van der Waals surface area contributed by atoms with Gasteiger partial charge in [0.05, 0.1) is 0 Å². The molecule has 0 saturated heterocycles. The van der Waals surface area contributed by atoms with Crippen LogP contribution in [0.1, 0.15) is 57.1 Å². The molecule has 0 aromatic heterocycles. The van der Waals surface area contributed by atoms with Crippen molar-refractivity contribution in [3.05, 3.63) is 29.3 Å². The van der Waals surface area contributed by atoms with E-state index in [1.807, 2.05) is 19.1 Å². The molecule has 2 aliphatic rings. The Morgan fingerprint density at radius 2 is 2.22 bits per heavy atom. The number of hydrogen-bond donors (Lipinski definition) is 2. The summed E-state index contributed by atoms with van der Waals surface area (Å²) in [6, 6.07) is 6.27. The van der Waals surface area contributed by atoms with Crippen molar-refractivity contribution < 1.29 is 9.53 Å². The highest BCUT2D eigenvalue weighted by molar-refractivity contribution is 5.70. The van der Waals surface area contributed by atoms with Crippen LogP contribution in [0.25, 0.3) is 0 Å². The number of amides is 1. The van der Waals surface area contributed by atoms with E-state index >= 15 is 0 Å². The summed E-state index contributed by atoms with van der Waals surface area (Å²) in [5, 5.41) is 2.67. The van der Waals surface area contributed by atoms with Crippen molar-refractivity contribution in [1.82, 2.24) is 5.32 Å². The molecule has 23 heavy (non-hydrogen) atoms. The fraction of sp³-hybridized carbons (Fsp3) is 0.632. The van der Waals surface area contributed by atoms with Crippen LogP contribution < -0.4 is 15.8 Å². The first-order valence-electron chi connectivity index (χ1n) is 8.89. The Bertz CT molecular complexity index is 587. The number of fused-ring (bicyclic) bond motifs is 4. The fourth-order valence-corrected chi connectivity index (χ4v) is 4.38. The molecule has 126 valence electrons. The molecular formula is C19H28N2O2. The van der Waals surface area contributed by atoms with Crippen LogP contribution in [0, 0.1) is 5.92 Å². The third kappa shape index (κ3) is 3.09. The Kier molecular flexibility index (Phi) is 4.62. The molecule has 1 saturated carbocycles. The minimum atomic E-state index is -0.395. The number of hydrogen-bond acceptors (Lipinski definition) is 3. The van der Waals surface area contributed by atoms with Gasteiger partial charge in [-0.05, 0) is 55.4 Å². The molecular weight excluding hydrogens is 288 g/mol. The second kappa shape index (κ2) is 6.52. The summed E-state index contributed by atoms with van der Waals surface area (Å²) in [5.74, 6) is 1.19. The Balaban J connectivity index is 1.94. The van der Waals surface area contributed by atoms with Crippen LogP contribution in [0.2, 0.25) is 0 Å².